The molecule has 4 heteroatoms. The van der Waals surface area contributed by atoms with E-state index >= 15 is 0 Å². The van der Waals surface area contributed by atoms with Crippen molar-refractivity contribution >= 4 is 11.6 Å². The van der Waals surface area contributed by atoms with E-state index in [0.717, 1.165) is 36.3 Å². The number of benzene rings is 2. The van der Waals surface area contributed by atoms with Gasteiger partial charge in [-0.25, -0.2) is 4.39 Å². The molecular formula is C16H15ClFNO. The average Bonchev–Trinajstić information content (AvgIpc) is 2.49. The van der Waals surface area contributed by atoms with Crippen LogP contribution >= 0.6 is 11.6 Å². The van der Waals surface area contributed by atoms with E-state index in [2.05, 4.69) is 0 Å². The van der Waals surface area contributed by atoms with Crippen molar-refractivity contribution in [1.82, 2.24) is 0 Å². The lowest BCUT2D eigenvalue weighted by Gasteiger charge is -2.20. The van der Waals surface area contributed by atoms with Crippen molar-refractivity contribution in [3.8, 4) is 5.75 Å². The lowest BCUT2D eigenvalue weighted by molar-refractivity contribution is 0.288. The van der Waals surface area contributed by atoms with Crippen molar-refractivity contribution in [3.05, 3.63) is 63.9 Å². The van der Waals surface area contributed by atoms with Crippen LogP contribution in [0.3, 0.4) is 0 Å². The van der Waals surface area contributed by atoms with E-state index in [0.29, 0.717) is 5.56 Å². The highest BCUT2D eigenvalue weighted by Crippen LogP contribution is 2.31. The second-order valence-electron chi connectivity index (χ2n) is 4.94. The Hall–Kier alpha value is -1.58. The molecule has 104 valence electrons. The van der Waals surface area contributed by atoms with E-state index in [4.69, 9.17) is 22.1 Å². The zero-order valence-corrected chi connectivity index (χ0v) is 11.7. The molecule has 0 bridgehead atoms. The van der Waals surface area contributed by atoms with E-state index in [-0.39, 0.29) is 5.02 Å². The lowest BCUT2D eigenvalue weighted by atomic mass is 9.95. The van der Waals surface area contributed by atoms with Crippen LogP contribution in [0.2, 0.25) is 5.02 Å². The molecule has 2 aromatic carbocycles. The first kappa shape index (κ1) is 13.4. The van der Waals surface area contributed by atoms with Crippen molar-refractivity contribution in [1.29, 1.82) is 0 Å². The maximum Gasteiger partial charge on any atom is 0.146 e. The summed E-state index contributed by atoms with van der Waals surface area (Å²) in [6, 6.07) is 10.2. The SMILES string of the molecule is NC(c1ccc2c(c1)CCCO2)c1cccc(Cl)c1F. The minimum absolute atomic E-state index is 0.0965. The molecule has 3 rings (SSSR count). The van der Waals surface area contributed by atoms with Crippen LogP contribution in [0.25, 0.3) is 0 Å². The van der Waals surface area contributed by atoms with Gasteiger partial charge in [0.15, 0.2) is 0 Å². The van der Waals surface area contributed by atoms with E-state index in [1.54, 1.807) is 12.1 Å². The summed E-state index contributed by atoms with van der Waals surface area (Å²) in [5.74, 6) is 0.453. The second-order valence-corrected chi connectivity index (χ2v) is 5.35. The standard InChI is InChI=1S/C16H15ClFNO/c17-13-5-1-4-12(15(13)18)16(19)11-6-7-14-10(9-11)3-2-8-20-14/h1,4-7,9,16H,2-3,8,19H2. The maximum atomic E-state index is 14.0. The van der Waals surface area contributed by atoms with Gasteiger partial charge in [-0.2, -0.15) is 0 Å². The first-order valence-corrected chi connectivity index (χ1v) is 7.00. The summed E-state index contributed by atoms with van der Waals surface area (Å²) in [6.45, 7) is 0.751. The molecule has 0 spiro atoms. The highest BCUT2D eigenvalue weighted by molar-refractivity contribution is 6.30. The number of ether oxygens (including phenoxy) is 1. The number of hydrogen-bond acceptors (Lipinski definition) is 2. The summed E-state index contributed by atoms with van der Waals surface area (Å²) in [5, 5.41) is 0.0965. The molecule has 0 aromatic heterocycles. The third-order valence-corrected chi connectivity index (χ3v) is 3.90. The molecule has 2 nitrogen and oxygen atoms in total. The third-order valence-electron chi connectivity index (χ3n) is 3.61. The molecule has 2 aromatic rings. The fourth-order valence-corrected chi connectivity index (χ4v) is 2.70. The quantitative estimate of drug-likeness (QED) is 0.912. The molecule has 0 saturated heterocycles. The van der Waals surface area contributed by atoms with Crippen molar-refractivity contribution in [2.45, 2.75) is 18.9 Å². The average molecular weight is 292 g/mol. The Morgan fingerprint density at radius 3 is 2.95 bits per heavy atom. The topological polar surface area (TPSA) is 35.2 Å². The predicted molar refractivity (Wildman–Crippen MR) is 77.7 cm³/mol. The molecule has 1 aliphatic heterocycles. The normalized spacial score (nSPS) is 15.3. The van der Waals surface area contributed by atoms with Crippen LogP contribution in [0.15, 0.2) is 36.4 Å². The van der Waals surface area contributed by atoms with Crippen molar-refractivity contribution in [2.24, 2.45) is 5.73 Å². The van der Waals surface area contributed by atoms with Gasteiger partial charge in [-0.1, -0.05) is 35.9 Å². The molecule has 0 fully saturated rings. The minimum Gasteiger partial charge on any atom is -0.493 e. The van der Waals surface area contributed by atoms with Crippen LogP contribution in [0, 0.1) is 5.82 Å². The Morgan fingerprint density at radius 2 is 2.10 bits per heavy atom. The molecule has 0 saturated carbocycles. The Morgan fingerprint density at radius 1 is 1.25 bits per heavy atom. The van der Waals surface area contributed by atoms with E-state index in [9.17, 15) is 4.39 Å². The highest BCUT2D eigenvalue weighted by Gasteiger charge is 2.18. The molecule has 1 heterocycles. The Kier molecular flexibility index (Phi) is 3.64. The van der Waals surface area contributed by atoms with E-state index in [1.165, 1.54) is 6.07 Å². The molecule has 1 atom stereocenters. The molecule has 0 aliphatic carbocycles. The van der Waals surface area contributed by atoms with Gasteiger partial charge in [-0.3, -0.25) is 0 Å². The van der Waals surface area contributed by atoms with Gasteiger partial charge < -0.3 is 10.5 Å². The first-order valence-electron chi connectivity index (χ1n) is 6.62. The summed E-state index contributed by atoms with van der Waals surface area (Å²) < 4.78 is 19.6. The maximum absolute atomic E-state index is 14.0. The zero-order valence-electron chi connectivity index (χ0n) is 10.9. The van der Waals surface area contributed by atoms with Crippen molar-refractivity contribution in [3.63, 3.8) is 0 Å². The van der Waals surface area contributed by atoms with Crippen LogP contribution in [-0.2, 0) is 6.42 Å². The van der Waals surface area contributed by atoms with Gasteiger partial charge in [0.25, 0.3) is 0 Å². The van der Waals surface area contributed by atoms with E-state index in [1.807, 2.05) is 18.2 Å². The van der Waals surface area contributed by atoms with Crippen LogP contribution in [0.4, 0.5) is 4.39 Å². The number of fused-ring (bicyclic) bond motifs is 1. The Bertz CT molecular complexity index is 644. The fourth-order valence-electron chi connectivity index (χ4n) is 2.51. The van der Waals surface area contributed by atoms with Gasteiger partial charge in [0.1, 0.15) is 11.6 Å². The van der Waals surface area contributed by atoms with Crippen LogP contribution in [0.1, 0.15) is 29.2 Å². The predicted octanol–water partition coefficient (Wildman–Crippen LogP) is 3.85. The van der Waals surface area contributed by atoms with Gasteiger partial charge in [0.05, 0.1) is 17.7 Å². The molecule has 20 heavy (non-hydrogen) atoms. The van der Waals surface area contributed by atoms with Gasteiger partial charge in [-0.05, 0) is 36.1 Å². The molecule has 1 unspecified atom stereocenters. The van der Waals surface area contributed by atoms with E-state index < -0.39 is 11.9 Å². The Labute approximate surface area is 122 Å². The fraction of sp³-hybridized carbons (Fsp3) is 0.250. The number of halogens is 2. The second kappa shape index (κ2) is 5.43. The van der Waals surface area contributed by atoms with Gasteiger partial charge in [-0.15, -0.1) is 0 Å². The molecular weight excluding hydrogens is 277 g/mol. The lowest BCUT2D eigenvalue weighted by Crippen LogP contribution is -2.15. The summed E-state index contributed by atoms with van der Waals surface area (Å²) in [5.41, 5.74) is 8.59. The molecule has 0 amide bonds. The highest BCUT2D eigenvalue weighted by atomic mass is 35.5. The van der Waals surface area contributed by atoms with Gasteiger partial charge >= 0.3 is 0 Å². The van der Waals surface area contributed by atoms with Crippen LogP contribution in [-0.4, -0.2) is 6.61 Å². The van der Waals surface area contributed by atoms with Gasteiger partial charge in [0.2, 0.25) is 0 Å². The number of aryl methyl sites for hydroxylation is 1. The minimum atomic E-state index is -0.527. The van der Waals surface area contributed by atoms with Crippen LogP contribution in [0.5, 0.6) is 5.75 Å². The van der Waals surface area contributed by atoms with Crippen LogP contribution < -0.4 is 10.5 Å². The summed E-state index contributed by atoms with van der Waals surface area (Å²) in [6.07, 6.45) is 1.96. The summed E-state index contributed by atoms with van der Waals surface area (Å²) in [4.78, 5) is 0. The smallest absolute Gasteiger partial charge is 0.146 e. The summed E-state index contributed by atoms with van der Waals surface area (Å²) >= 11 is 5.81. The molecule has 2 N–H and O–H groups in total. The molecule has 0 radical (unpaired) electrons. The number of rotatable bonds is 2. The molecule has 1 aliphatic rings. The summed E-state index contributed by atoms with van der Waals surface area (Å²) in [7, 11) is 0. The number of nitrogens with two attached hydrogens (primary N) is 1. The third kappa shape index (κ3) is 2.39. The van der Waals surface area contributed by atoms with Crippen molar-refractivity contribution in [2.75, 3.05) is 6.61 Å². The first-order chi connectivity index (χ1) is 9.66. The monoisotopic (exact) mass is 291 g/mol. The number of hydrogen-bond donors (Lipinski definition) is 1. The van der Waals surface area contributed by atoms with Gasteiger partial charge in [0, 0.05) is 5.56 Å². The van der Waals surface area contributed by atoms with Crippen molar-refractivity contribution < 1.29 is 9.13 Å². The zero-order chi connectivity index (χ0) is 14.1. The Balaban J connectivity index is 1.98. The largest absolute Gasteiger partial charge is 0.493 e.